The molecule has 0 radical (unpaired) electrons. The maximum atomic E-state index is 12.2. The van der Waals surface area contributed by atoms with Crippen LogP contribution in [0.4, 0.5) is 0 Å². The predicted molar refractivity (Wildman–Crippen MR) is 75.2 cm³/mol. The van der Waals surface area contributed by atoms with Gasteiger partial charge in [0.2, 0.25) is 11.8 Å². The fourth-order valence-electron chi connectivity index (χ4n) is 2.29. The highest BCUT2D eigenvalue weighted by Crippen LogP contribution is 2.33. The minimum Gasteiger partial charge on any atom is -0.480 e. The van der Waals surface area contributed by atoms with Crippen LogP contribution in [-0.4, -0.2) is 51.5 Å². The average Bonchev–Trinajstić information content (AvgIpc) is 3.09. The molecule has 0 aromatic heterocycles. The van der Waals surface area contributed by atoms with Gasteiger partial charge in [-0.1, -0.05) is 19.8 Å². The maximum Gasteiger partial charge on any atom is 0.326 e. The Kier molecular flexibility index (Phi) is 4.91. The third kappa shape index (κ3) is 3.65. The zero-order valence-electron chi connectivity index (χ0n) is 11.5. The number of hydrogen-bond acceptors (Lipinski definition) is 4. The summed E-state index contributed by atoms with van der Waals surface area (Å²) in [5.41, 5.74) is 0. The molecule has 2 rings (SSSR count). The molecule has 7 heteroatoms. The van der Waals surface area contributed by atoms with Crippen molar-refractivity contribution in [1.29, 1.82) is 0 Å². The second kappa shape index (κ2) is 6.47. The van der Waals surface area contributed by atoms with E-state index in [9.17, 15) is 14.4 Å². The average molecular weight is 300 g/mol. The number of nitrogens with zero attached hydrogens (tertiary/aromatic N) is 1. The first-order chi connectivity index (χ1) is 9.52. The topological polar surface area (TPSA) is 86.7 Å². The summed E-state index contributed by atoms with van der Waals surface area (Å²) in [4.78, 5) is 36.7. The van der Waals surface area contributed by atoms with Crippen molar-refractivity contribution in [3.8, 4) is 0 Å². The van der Waals surface area contributed by atoms with Crippen molar-refractivity contribution in [3.63, 3.8) is 0 Å². The minimum atomic E-state index is -0.996. The molecule has 0 spiro atoms. The number of carbonyl (C=O) groups excluding carboxylic acids is 2. The van der Waals surface area contributed by atoms with Gasteiger partial charge in [-0.2, -0.15) is 0 Å². The Hall–Kier alpha value is -1.24. The largest absolute Gasteiger partial charge is 0.480 e. The van der Waals surface area contributed by atoms with E-state index in [1.165, 1.54) is 16.7 Å². The van der Waals surface area contributed by atoms with Crippen LogP contribution in [0.3, 0.4) is 0 Å². The molecule has 2 fully saturated rings. The Morgan fingerprint density at radius 2 is 2.10 bits per heavy atom. The van der Waals surface area contributed by atoms with Crippen LogP contribution in [0.1, 0.15) is 32.6 Å². The van der Waals surface area contributed by atoms with Crippen molar-refractivity contribution < 1.29 is 19.5 Å². The molecule has 0 aromatic rings. The number of rotatable bonds is 6. The number of nitrogens with one attached hydrogen (secondary N) is 1. The van der Waals surface area contributed by atoms with Gasteiger partial charge in [0.25, 0.3) is 0 Å². The highest BCUT2D eigenvalue weighted by atomic mass is 32.2. The fraction of sp³-hybridized carbons (Fsp3) is 0.769. The van der Waals surface area contributed by atoms with Gasteiger partial charge in [0.1, 0.15) is 12.1 Å². The summed E-state index contributed by atoms with van der Waals surface area (Å²) in [6.07, 6.45) is 2.93. The van der Waals surface area contributed by atoms with E-state index < -0.39 is 18.1 Å². The predicted octanol–water partition coefficient (Wildman–Crippen LogP) is 0.667. The van der Waals surface area contributed by atoms with Gasteiger partial charge in [-0.25, -0.2) is 4.79 Å². The van der Waals surface area contributed by atoms with Crippen LogP contribution in [0.25, 0.3) is 0 Å². The van der Waals surface area contributed by atoms with Crippen LogP contribution in [-0.2, 0) is 14.4 Å². The van der Waals surface area contributed by atoms with E-state index in [1.54, 1.807) is 6.92 Å². The van der Waals surface area contributed by atoms with Crippen LogP contribution < -0.4 is 5.32 Å². The van der Waals surface area contributed by atoms with Crippen molar-refractivity contribution >= 4 is 29.5 Å². The molecule has 2 aliphatic rings. The number of amides is 2. The van der Waals surface area contributed by atoms with Crippen LogP contribution in [0.5, 0.6) is 0 Å². The second-order valence-electron chi connectivity index (χ2n) is 5.31. The third-order valence-corrected chi connectivity index (χ3v) is 4.70. The molecule has 1 saturated carbocycles. The molecule has 1 aliphatic carbocycles. The number of carbonyl (C=O) groups is 3. The molecule has 1 saturated heterocycles. The summed E-state index contributed by atoms with van der Waals surface area (Å²) in [5, 5.41) is 11.8. The summed E-state index contributed by atoms with van der Waals surface area (Å²) < 4.78 is 0. The van der Waals surface area contributed by atoms with Crippen molar-refractivity contribution in [2.75, 3.05) is 11.6 Å². The Morgan fingerprint density at radius 3 is 2.65 bits per heavy atom. The summed E-state index contributed by atoms with van der Waals surface area (Å²) in [7, 11) is 0. The van der Waals surface area contributed by atoms with Crippen LogP contribution in [0.2, 0.25) is 0 Å². The molecule has 20 heavy (non-hydrogen) atoms. The molecule has 2 N–H and O–H groups in total. The standard InChI is InChI=1S/C13H20N2O4S/c1-2-11(16)15-7-20-6-10(15)12(17)14-9(13(18)19)5-8-3-4-8/h8-10H,2-7H2,1H3,(H,14,17)(H,18,19). The molecule has 0 bridgehead atoms. The van der Waals surface area contributed by atoms with Crippen LogP contribution in [0, 0.1) is 5.92 Å². The highest BCUT2D eigenvalue weighted by Gasteiger charge is 2.37. The van der Waals surface area contributed by atoms with Gasteiger partial charge < -0.3 is 15.3 Å². The van der Waals surface area contributed by atoms with Gasteiger partial charge in [-0.15, -0.1) is 11.8 Å². The van der Waals surface area contributed by atoms with Crippen molar-refractivity contribution in [2.24, 2.45) is 5.92 Å². The van der Waals surface area contributed by atoms with Crippen LogP contribution >= 0.6 is 11.8 Å². The van der Waals surface area contributed by atoms with E-state index in [0.717, 1.165) is 12.8 Å². The fourth-order valence-corrected chi connectivity index (χ4v) is 3.47. The molecule has 2 amide bonds. The first-order valence-corrected chi connectivity index (χ1v) is 8.08. The quantitative estimate of drug-likeness (QED) is 0.753. The van der Waals surface area contributed by atoms with Gasteiger partial charge in [0, 0.05) is 12.2 Å². The SMILES string of the molecule is CCC(=O)N1CSCC1C(=O)NC(CC1CC1)C(=O)O. The Balaban J connectivity index is 1.94. The van der Waals surface area contributed by atoms with Gasteiger partial charge in [-0.05, 0) is 12.3 Å². The van der Waals surface area contributed by atoms with Gasteiger partial charge in [-0.3, -0.25) is 9.59 Å². The smallest absolute Gasteiger partial charge is 0.326 e. The Labute approximate surface area is 122 Å². The number of aliphatic carboxylic acids is 1. The lowest BCUT2D eigenvalue weighted by atomic mass is 10.1. The van der Waals surface area contributed by atoms with E-state index in [4.69, 9.17) is 5.11 Å². The van der Waals surface area contributed by atoms with E-state index in [1.807, 2.05) is 0 Å². The molecule has 112 valence electrons. The highest BCUT2D eigenvalue weighted by molar-refractivity contribution is 7.99. The number of carboxylic acid groups (broad SMARTS) is 1. The molecular formula is C13H20N2O4S. The Morgan fingerprint density at radius 1 is 1.40 bits per heavy atom. The Bertz CT molecular complexity index is 411. The third-order valence-electron chi connectivity index (χ3n) is 3.69. The molecule has 1 heterocycles. The van der Waals surface area contributed by atoms with Crippen molar-refractivity contribution in [3.05, 3.63) is 0 Å². The molecular weight excluding hydrogens is 280 g/mol. The molecule has 2 unspecified atom stereocenters. The van der Waals surface area contributed by atoms with Crippen LogP contribution in [0.15, 0.2) is 0 Å². The van der Waals surface area contributed by atoms with E-state index in [2.05, 4.69) is 5.32 Å². The normalized spacial score (nSPS) is 23.4. The first kappa shape index (κ1) is 15.2. The summed E-state index contributed by atoms with van der Waals surface area (Å²) in [6.45, 7) is 1.76. The van der Waals surface area contributed by atoms with E-state index in [-0.39, 0.29) is 11.8 Å². The van der Waals surface area contributed by atoms with E-state index >= 15 is 0 Å². The zero-order chi connectivity index (χ0) is 14.7. The molecule has 1 aliphatic heterocycles. The number of hydrogen-bond donors (Lipinski definition) is 2. The monoisotopic (exact) mass is 300 g/mol. The number of carboxylic acids is 1. The van der Waals surface area contributed by atoms with Crippen molar-refractivity contribution in [1.82, 2.24) is 10.2 Å². The number of thioether (sulfide) groups is 1. The maximum absolute atomic E-state index is 12.2. The minimum absolute atomic E-state index is 0.0655. The second-order valence-corrected chi connectivity index (χ2v) is 6.31. The summed E-state index contributed by atoms with van der Waals surface area (Å²) >= 11 is 1.52. The molecule has 2 atom stereocenters. The summed E-state index contributed by atoms with van der Waals surface area (Å²) in [6, 6.07) is -1.37. The van der Waals surface area contributed by atoms with Crippen molar-refractivity contribution in [2.45, 2.75) is 44.7 Å². The van der Waals surface area contributed by atoms with Gasteiger partial charge in [0.15, 0.2) is 0 Å². The van der Waals surface area contributed by atoms with E-state index in [0.29, 0.717) is 30.4 Å². The lowest BCUT2D eigenvalue weighted by Gasteiger charge is -2.24. The zero-order valence-corrected chi connectivity index (χ0v) is 12.3. The van der Waals surface area contributed by atoms with Gasteiger partial charge in [0.05, 0.1) is 5.88 Å². The summed E-state index contributed by atoms with van der Waals surface area (Å²) in [5.74, 6) is 0.0550. The lowest BCUT2D eigenvalue weighted by molar-refractivity contribution is -0.143. The molecule has 0 aromatic carbocycles. The van der Waals surface area contributed by atoms with Gasteiger partial charge >= 0.3 is 5.97 Å². The first-order valence-electron chi connectivity index (χ1n) is 6.93. The lowest BCUT2D eigenvalue weighted by Crippen LogP contribution is -2.51. The molecule has 6 nitrogen and oxygen atoms in total.